The second-order valence-electron chi connectivity index (χ2n) is 6.65. The van der Waals surface area contributed by atoms with Crippen molar-refractivity contribution in [2.75, 3.05) is 6.61 Å². The average molecular weight is 329 g/mol. The van der Waals surface area contributed by atoms with Crippen LogP contribution in [0.25, 0.3) is 10.8 Å². The quantitative estimate of drug-likeness (QED) is 0.904. The maximum Gasteiger partial charge on any atom is 0.252 e. The van der Waals surface area contributed by atoms with Gasteiger partial charge in [-0.25, -0.2) is 0 Å². The lowest BCUT2D eigenvalue weighted by atomic mass is 10.0. The molecule has 0 radical (unpaired) electrons. The number of hydrogen-bond acceptors (Lipinski definition) is 4. The molecule has 0 aliphatic carbocycles. The molecule has 1 amide bonds. The zero-order chi connectivity index (χ0) is 17.3. The van der Waals surface area contributed by atoms with Gasteiger partial charge in [-0.2, -0.15) is 0 Å². The van der Waals surface area contributed by atoms with E-state index in [1.807, 2.05) is 49.4 Å². The molecule has 5 heteroatoms. The summed E-state index contributed by atoms with van der Waals surface area (Å²) < 4.78 is 10.9. The first kappa shape index (κ1) is 16.9. The third kappa shape index (κ3) is 3.59. The molecule has 24 heavy (non-hydrogen) atoms. The van der Waals surface area contributed by atoms with Crippen molar-refractivity contribution in [1.82, 2.24) is 5.32 Å². The van der Waals surface area contributed by atoms with E-state index in [0.29, 0.717) is 0 Å². The van der Waals surface area contributed by atoms with Gasteiger partial charge in [0.25, 0.3) is 5.91 Å². The fraction of sp³-hybridized carbons (Fsp3) is 0.421. The molecule has 0 unspecified atom stereocenters. The van der Waals surface area contributed by atoms with E-state index in [0.717, 1.165) is 16.3 Å². The van der Waals surface area contributed by atoms with E-state index in [2.05, 4.69) is 5.32 Å². The highest BCUT2D eigenvalue weighted by molar-refractivity contribution is 5.84. The monoisotopic (exact) mass is 329 g/mol. The Morgan fingerprint density at radius 2 is 1.96 bits per heavy atom. The molecule has 2 N–H and O–H groups in total. The van der Waals surface area contributed by atoms with Crippen molar-refractivity contribution in [3.05, 3.63) is 48.0 Å². The molecule has 128 valence electrons. The van der Waals surface area contributed by atoms with Crippen LogP contribution in [0.5, 0.6) is 0 Å². The summed E-state index contributed by atoms with van der Waals surface area (Å²) in [7, 11) is 0. The maximum atomic E-state index is 12.3. The predicted molar refractivity (Wildman–Crippen MR) is 91.4 cm³/mol. The van der Waals surface area contributed by atoms with Crippen LogP contribution in [-0.2, 0) is 14.3 Å². The highest BCUT2D eigenvalue weighted by atomic mass is 16.7. The summed E-state index contributed by atoms with van der Waals surface area (Å²) in [5.74, 6) is -1.22. The molecule has 1 fully saturated rings. The first-order valence-corrected chi connectivity index (χ1v) is 8.15. The average Bonchev–Trinajstić information content (AvgIpc) is 2.93. The highest BCUT2D eigenvalue weighted by Crippen LogP contribution is 2.25. The number of ether oxygens (including phenoxy) is 2. The fourth-order valence-corrected chi connectivity index (χ4v) is 2.90. The van der Waals surface area contributed by atoms with Gasteiger partial charge in [0.2, 0.25) is 0 Å². The number of amides is 1. The molecule has 1 heterocycles. The number of aliphatic hydroxyl groups is 1. The van der Waals surface area contributed by atoms with Crippen LogP contribution in [0, 0.1) is 0 Å². The van der Waals surface area contributed by atoms with Gasteiger partial charge in [0.15, 0.2) is 11.9 Å². The van der Waals surface area contributed by atoms with Gasteiger partial charge in [0, 0.05) is 0 Å². The first-order chi connectivity index (χ1) is 11.4. The second kappa shape index (κ2) is 6.51. The van der Waals surface area contributed by atoms with Crippen LogP contribution < -0.4 is 5.32 Å². The van der Waals surface area contributed by atoms with Crippen molar-refractivity contribution in [2.24, 2.45) is 0 Å². The fourth-order valence-electron chi connectivity index (χ4n) is 2.90. The molecule has 1 aliphatic rings. The number of carbonyl (C=O) groups is 1. The smallest absolute Gasteiger partial charge is 0.252 e. The van der Waals surface area contributed by atoms with Crippen LogP contribution in [0.2, 0.25) is 0 Å². The van der Waals surface area contributed by atoms with Crippen molar-refractivity contribution < 1.29 is 19.4 Å². The highest BCUT2D eigenvalue weighted by Gasteiger charge is 2.39. The molecule has 0 aromatic heterocycles. The van der Waals surface area contributed by atoms with Crippen LogP contribution in [0.3, 0.4) is 0 Å². The van der Waals surface area contributed by atoms with E-state index >= 15 is 0 Å². The Labute approximate surface area is 141 Å². The Kier molecular flexibility index (Phi) is 4.58. The van der Waals surface area contributed by atoms with Gasteiger partial charge in [-0.1, -0.05) is 36.4 Å². The van der Waals surface area contributed by atoms with Crippen LogP contribution in [0.4, 0.5) is 0 Å². The normalized spacial score (nSPS) is 22.2. The van der Waals surface area contributed by atoms with E-state index in [4.69, 9.17) is 9.47 Å². The van der Waals surface area contributed by atoms with E-state index < -0.39 is 23.9 Å². The molecule has 3 atom stereocenters. The van der Waals surface area contributed by atoms with Gasteiger partial charge in [0.1, 0.15) is 6.10 Å². The van der Waals surface area contributed by atoms with Crippen LogP contribution >= 0.6 is 0 Å². The van der Waals surface area contributed by atoms with Gasteiger partial charge in [-0.05, 0) is 43.2 Å². The Morgan fingerprint density at radius 3 is 2.62 bits per heavy atom. The van der Waals surface area contributed by atoms with Gasteiger partial charge < -0.3 is 19.9 Å². The Hall–Kier alpha value is -1.95. The molecule has 0 spiro atoms. The summed E-state index contributed by atoms with van der Waals surface area (Å²) in [6, 6.07) is 13.9. The summed E-state index contributed by atoms with van der Waals surface area (Å²) in [6.07, 6.45) is -1.90. The zero-order valence-corrected chi connectivity index (χ0v) is 14.2. The lowest BCUT2D eigenvalue weighted by molar-refractivity contribution is -0.158. The third-order valence-electron chi connectivity index (χ3n) is 4.28. The molecule has 1 aliphatic heterocycles. The minimum atomic E-state index is -1.25. The van der Waals surface area contributed by atoms with Gasteiger partial charge in [0.05, 0.1) is 12.6 Å². The summed E-state index contributed by atoms with van der Waals surface area (Å²) >= 11 is 0. The van der Waals surface area contributed by atoms with Crippen molar-refractivity contribution in [1.29, 1.82) is 0 Å². The first-order valence-electron chi connectivity index (χ1n) is 8.15. The summed E-state index contributed by atoms with van der Waals surface area (Å²) in [5.41, 5.74) is 0.984. The van der Waals surface area contributed by atoms with Crippen molar-refractivity contribution in [3.63, 3.8) is 0 Å². The standard InChI is InChI=1S/C19H23NO4/c1-12(14-9-8-13-6-4-5-7-15(13)10-14)20-18(22)17(21)16-11-23-19(2,3)24-16/h4-10,12,16-17,21H,11H2,1-3H3,(H,20,22)/t12-,16-,17+/m0/s1. The van der Waals surface area contributed by atoms with Gasteiger partial charge in [-0.15, -0.1) is 0 Å². The van der Waals surface area contributed by atoms with Gasteiger partial charge >= 0.3 is 0 Å². The van der Waals surface area contributed by atoms with Crippen molar-refractivity contribution in [3.8, 4) is 0 Å². The molecule has 1 saturated heterocycles. The van der Waals surface area contributed by atoms with E-state index in [9.17, 15) is 9.90 Å². The number of carbonyl (C=O) groups excluding carboxylic acids is 1. The molecule has 0 bridgehead atoms. The van der Waals surface area contributed by atoms with Crippen LogP contribution in [0.1, 0.15) is 32.4 Å². The van der Waals surface area contributed by atoms with Crippen LogP contribution in [-0.4, -0.2) is 35.6 Å². The summed E-state index contributed by atoms with van der Waals surface area (Å²) in [5, 5.41) is 15.3. The third-order valence-corrected chi connectivity index (χ3v) is 4.28. The van der Waals surface area contributed by atoms with E-state index in [1.54, 1.807) is 13.8 Å². The number of rotatable bonds is 4. The Balaban J connectivity index is 1.66. The Morgan fingerprint density at radius 1 is 1.25 bits per heavy atom. The molecule has 2 aromatic carbocycles. The molecular formula is C19H23NO4. The minimum Gasteiger partial charge on any atom is -0.380 e. The summed E-state index contributed by atoms with van der Waals surface area (Å²) in [4.78, 5) is 12.3. The van der Waals surface area contributed by atoms with E-state index in [-0.39, 0.29) is 12.6 Å². The molecule has 5 nitrogen and oxygen atoms in total. The number of hydrogen-bond donors (Lipinski definition) is 2. The van der Waals surface area contributed by atoms with E-state index in [1.165, 1.54) is 0 Å². The molecule has 0 saturated carbocycles. The minimum absolute atomic E-state index is 0.200. The zero-order valence-electron chi connectivity index (χ0n) is 14.2. The number of fused-ring (bicyclic) bond motifs is 1. The van der Waals surface area contributed by atoms with Crippen LogP contribution in [0.15, 0.2) is 42.5 Å². The number of nitrogens with one attached hydrogen (secondary N) is 1. The second-order valence-corrected chi connectivity index (χ2v) is 6.65. The maximum absolute atomic E-state index is 12.3. The topological polar surface area (TPSA) is 67.8 Å². The number of benzene rings is 2. The number of aliphatic hydroxyl groups excluding tert-OH is 1. The lowest BCUT2D eigenvalue weighted by Gasteiger charge is -2.22. The SMILES string of the molecule is C[C@H](NC(=O)[C@H](O)[C@@H]1COC(C)(C)O1)c1ccc2ccccc2c1. The molecule has 2 aromatic rings. The molecule has 3 rings (SSSR count). The van der Waals surface area contributed by atoms with Crippen molar-refractivity contribution in [2.45, 2.75) is 44.8 Å². The molecular weight excluding hydrogens is 306 g/mol. The van der Waals surface area contributed by atoms with Gasteiger partial charge in [-0.3, -0.25) is 4.79 Å². The Bertz CT molecular complexity index is 743. The van der Waals surface area contributed by atoms with Crippen molar-refractivity contribution >= 4 is 16.7 Å². The largest absolute Gasteiger partial charge is 0.380 e. The summed E-state index contributed by atoms with van der Waals surface area (Å²) in [6.45, 7) is 5.61. The lowest BCUT2D eigenvalue weighted by Crippen LogP contribution is -2.44. The predicted octanol–water partition coefficient (Wildman–Crippen LogP) is 2.53.